The fraction of sp³-hybridized carbons (Fsp3) is 0.500. The third kappa shape index (κ3) is 7.34. The second-order valence-electron chi connectivity index (χ2n) is 8.70. The lowest BCUT2D eigenvalue weighted by Crippen LogP contribution is -2.43. The molecular formula is C26H34N2O5. The number of benzene rings is 2. The van der Waals surface area contributed by atoms with Gasteiger partial charge < -0.3 is 25.2 Å². The first-order valence-electron chi connectivity index (χ1n) is 11.6. The number of hydrogen-bond acceptors (Lipinski definition) is 7. The van der Waals surface area contributed by atoms with Crippen LogP contribution in [0, 0.1) is 11.3 Å². The van der Waals surface area contributed by atoms with Crippen LogP contribution in [0.5, 0.6) is 0 Å². The van der Waals surface area contributed by atoms with Gasteiger partial charge in [-0.3, -0.25) is 4.90 Å². The number of ether oxygens (including phenoxy) is 1. The van der Waals surface area contributed by atoms with Crippen LogP contribution in [-0.4, -0.2) is 76.0 Å². The van der Waals surface area contributed by atoms with E-state index in [1.54, 1.807) is 0 Å². The van der Waals surface area contributed by atoms with E-state index in [4.69, 9.17) is 4.74 Å². The van der Waals surface area contributed by atoms with E-state index in [-0.39, 0.29) is 13.1 Å². The van der Waals surface area contributed by atoms with E-state index in [2.05, 4.69) is 6.07 Å². The highest BCUT2D eigenvalue weighted by Gasteiger charge is 2.35. The Morgan fingerprint density at radius 1 is 0.848 bits per heavy atom. The van der Waals surface area contributed by atoms with E-state index in [0.29, 0.717) is 25.3 Å². The van der Waals surface area contributed by atoms with Crippen LogP contribution < -0.4 is 0 Å². The summed E-state index contributed by atoms with van der Waals surface area (Å²) in [5.74, 6) is 0. The van der Waals surface area contributed by atoms with Crippen LogP contribution >= 0.6 is 0 Å². The van der Waals surface area contributed by atoms with Gasteiger partial charge in [0.05, 0.1) is 30.4 Å². The molecule has 1 aliphatic heterocycles. The zero-order valence-electron chi connectivity index (χ0n) is 18.9. The average Bonchev–Trinajstić information content (AvgIpc) is 2.92. The molecule has 7 heteroatoms. The molecule has 0 saturated carbocycles. The van der Waals surface area contributed by atoms with Crippen molar-refractivity contribution < 1.29 is 25.2 Å². The lowest BCUT2D eigenvalue weighted by molar-refractivity contribution is -0.0894. The average molecular weight is 455 g/mol. The molecular weight excluding hydrogens is 420 g/mol. The zero-order chi connectivity index (χ0) is 23.6. The summed E-state index contributed by atoms with van der Waals surface area (Å²) < 4.78 is 5.79. The van der Waals surface area contributed by atoms with E-state index in [0.717, 1.165) is 42.4 Å². The molecule has 4 atom stereocenters. The van der Waals surface area contributed by atoms with Gasteiger partial charge in [0, 0.05) is 19.7 Å². The smallest absolute Gasteiger partial charge is 0.110 e. The second-order valence-corrected chi connectivity index (χ2v) is 8.70. The highest BCUT2D eigenvalue weighted by Crippen LogP contribution is 2.23. The molecule has 1 heterocycles. The first-order chi connectivity index (χ1) is 16.0. The molecule has 0 bridgehead atoms. The maximum Gasteiger partial charge on any atom is 0.110 e. The predicted octanol–water partition coefficient (Wildman–Crippen LogP) is 2.06. The highest BCUT2D eigenvalue weighted by atomic mass is 16.5. The van der Waals surface area contributed by atoms with E-state index in [9.17, 15) is 25.7 Å². The van der Waals surface area contributed by atoms with Gasteiger partial charge >= 0.3 is 0 Å². The number of aliphatic hydroxyl groups is 4. The Bertz CT molecular complexity index is 882. The molecule has 0 spiro atoms. The minimum Gasteiger partial charge on any atom is -0.389 e. The lowest BCUT2D eigenvalue weighted by Gasteiger charge is -2.23. The Morgan fingerprint density at radius 2 is 1.48 bits per heavy atom. The van der Waals surface area contributed by atoms with Crippen LogP contribution in [0.25, 0.3) is 11.1 Å². The SMILES string of the molecule is N#Cc1ccccc1-c1ccc(COCCCCCCN2C[C@H](O)[C@@H](O)[C@H](O)[C@@H](O)C2)cc1. The van der Waals surface area contributed by atoms with Crippen molar-refractivity contribution >= 4 is 0 Å². The van der Waals surface area contributed by atoms with Crippen molar-refractivity contribution in [3.63, 3.8) is 0 Å². The van der Waals surface area contributed by atoms with Crippen molar-refractivity contribution in [2.45, 2.75) is 56.7 Å². The van der Waals surface area contributed by atoms with Crippen LogP contribution in [0.1, 0.15) is 36.8 Å². The van der Waals surface area contributed by atoms with Crippen molar-refractivity contribution in [3.05, 3.63) is 59.7 Å². The number of rotatable bonds is 10. The number of aliphatic hydroxyl groups excluding tert-OH is 4. The molecule has 1 fully saturated rings. The normalized spacial score (nSPS) is 23.7. The maximum absolute atomic E-state index is 9.91. The van der Waals surface area contributed by atoms with Crippen molar-refractivity contribution in [1.82, 2.24) is 4.90 Å². The topological polar surface area (TPSA) is 117 Å². The Morgan fingerprint density at radius 3 is 2.15 bits per heavy atom. The standard InChI is InChI=1S/C26H34N2O5/c27-15-21-7-3-4-8-22(21)20-11-9-19(10-12-20)18-33-14-6-2-1-5-13-28-16-23(29)25(31)26(32)24(30)17-28/h3-4,7-12,23-26,29-32H,1-2,5-6,13-14,16-18H2/t23-,24-,25+,26+/m0/s1. The molecule has 0 amide bonds. The summed E-state index contributed by atoms with van der Waals surface area (Å²) in [7, 11) is 0. The quantitative estimate of drug-likeness (QED) is 0.406. The first-order valence-corrected chi connectivity index (χ1v) is 11.6. The summed E-state index contributed by atoms with van der Waals surface area (Å²) in [5.41, 5.74) is 3.71. The van der Waals surface area contributed by atoms with Gasteiger partial charge in [0.1, 0.15) is 12.2 Å². The molecule has 0 radical (unpaired) electrons. The summed E-state index contributed by atoms with van der Waals surface area (Å²) in [6.07, 6.45) is -0.842. The van der Waals surface area contributed by atoms with Crippen LogP contribution in [0.3, 0.4) is 0 Å². The van der Waals surface area contributed by atoms with Gasteiger partial charge in [-0.2, -0.15) is 5.26 Å². The summed E-state index contributed by atoms with van der Waals surface area (Å²) in [6.45, 7) is 2.43. The van der Waals surface area contributed by atoms with Crippen LogP contribution in [0.4, 0.5) is 0 Å². The minimum absolute atomic E-state index is 0.249. The van der Waals surface area contributed by atoms with Gasteiger partial charge in [0.25, 0.3) is 0 Å². The molecule has 0 aliphatic carbocycles. The Kier molecular flexibility index (Phi) is 9.82. The van der Waals surface area contributed by atoms with E-state index >= 15 is 0 Å². The third-order valence-corrected chi connectivity index (χ3v) is 6.12. The van der Waals surface area contributed by atoms with Crippen molar-refractivity contribution in [3.8, 4) is 17.2 Å². The molecule has 178 valence electrons. The zero-order valence-corrected chi connectivity index (χ0v) is 18.9. The summed E-state index contributed by atoms with van der Waals surface area (Å²) in [5, 5.41) is 48.6. The number of unbranched alkanes of at least 4 members (excludes halogenated alkanes) is 3. The van der Waals surface area contributed by atoms with Gasteiger partial charge in [-0.1, -0.05) is 55.3 Å². The second kappa shape index (κ2) is 12.8. The van der Waals surface area contributed by atoms with Crippen molar-refractivity contribution in [2.75, 3.05) is 26.2 Å². The van der Waals surface area contributed by atoms with Gasteiger partial charge in [-0.05, 0) is 42.1 Å². The van der Waals surface area contributed by atoms with E-state index in [1.807, 2.05) is 53.4 Å². The number of likely N-dealkylation sites (tertiary alicyclic amines) is 1. The fourth-order valence-electron chi connectivity index (χ4n) is 4.15. The largest absolute Gasteiger partial charge is 0.389 e. The maximum atomic E-state index is 9.91. The Labute approximate surface area is 195 Å². The first kappa shape index (κ1) is 25.3. The molecule has 1 saturated heterocycles. The van der Waals surface area contributed by atoms with E-state index < -0.39 is 24.4 Å². The van der Waals surface area contributed by atoms with E-state index in [1.165, 1.54) is 0 Å². The van der Waals surface area contributed by atoms with Crippen LogP contribution in [0.2, 0.25) is 0 Å². The molecule has 3 rings (SSSR count). The molecule has 0 aromatic heterocycles. The summed E-state index contributed by atoms with van der Waals surface area (Å²) in [6, 6.07) is 17.9. The van der Waals surface area contributed by atoms with Gasteiger partial charge in [0.15, 0.2) is 0 Å². The third-order valence-electron chi connectivity index (χ3n) is 6.12. The molecule has 4 N–H and O–H groups in total. The molecule has 33 heavy (non-hydrogen) atoms. The number of hydrogen-bond donors (Lipinski definition) is 4. The lowest BCUT2D eigenvalue weighted by atomic mass is 9.99. The molecule has 0 unspecified atom stereocenters. The van der Waals surface area contributed by atoms with Gasteiger partial charge in [-0.15, -0.1) is 0 Å². The minimum atomic E-state index is -1.31. The monoisotopic (exact) mass is 454 g/mol. The van der Waals surface area contributed by atoms with Gasteiger partial charge in [0.2, 0.25) is 0 Å². The highest BCUT2D eigenvalue weighted by molar-refractivity contribution is 5.70. The van der Waals surface area contributed by atoms with Crippen molar-refractivity contribution in [1.29, 1.82) is 5.26 Å². The molecule has 2 aromatic carbocycles. The Balaban J connectivity index is 1.30. The van der Waals surface area contributed by atoms with Crippen LogP contribution in [0.15, 0.2) is 48.5 Å². The predicted molar refractivity (Wildman–Crippen MR) is 125 cm³/mol. The summed E-state index contributed by atoms with van der Waals surface area (Å²) >= 11 is 0. The molecule has 1 aliphatic rings. The Hall–Kier alpha value is -2.31. The van der Waals surface area contributed by atoms with Crippen molar-refractivity contribution in [2.24, 2.45) is 0 Å². The number of nitrogens with zero attached hydrogens (tertiary/aromatic N) is 2. The summed E-state index contributed by atoms with van der Waals surface area (Å²) in [4.78, 5) is 1.89. The van der Waals surface area contributed by atoms with Gasteiger partial charge in [-0.25, -0.2) is 0 Å². The number of β-amino-alcohol motifs (C(OH)–C–C–N with tert-alkyl or cyclic N) is 2. The number of nitriles is 1. The fourth-order valence-corrected chi connectivity index (χ4v) is 4.15. The molecule has 2 aromatic rings. The van der Waals surface area contributed by atoms with Crippen LogP contribution in [-0.2, 0) is 11.3 Å². The molecule has 7 nitrogen and oxygen atoms in total.